The number of rotatable bonds is 5. The van der Waals surface area contributed by atoms with Gasteiger partial charge in [0.2, 0.25) is 0 Å². The van der Waals surface area contributed by atoms with Crippen LogP contribution in [-0.2, 0) is 18.8 Å². The number of hydrogen-bond acceptors (Lipinski definition) is 0. The molecule has 0 aromatic heterocycles. The second kappa shape index (κ2) is 7.45. The smallest absolute Gasteiger partial charge is 0.166 e. The molecule has 0 amide bonds. The van der Waals surface area contributed by atoms with Crippen LogP contribution >= 0.6 is 0 Å². The van der Waals surface area contributed by atoms with Crippen LogP contribution in [0.25, 0.3) is 0 Å². The second-order valence-electron chi connectivity index (χ2n) is 7.63. The molecule has 6 heteroatoms. The van der Waals surface area contributed by atoms with E-state index < -0.39 is 23.5 Å². The summed E-state index contributed by atoms with van der Waals surface area (Å²) in [6.45, 7) is 3.83. The summed E-state index contributed by atoms with van der Waals surface area (Å²) >= 11 is 0. The van der Waals surface area contributed by atoms with E-state index in [0.29, 0.717) is 5.92 Å². The minimum absolute atomic E-state index is 0.0104. The summed E-state index contributed by atoms with van der Waals surface area (Å²) in [5.74, 6) is 1.27. The molecule has 0 aliphatic heterocycles. The van der Waals surface area contributed by atoms with Crippen molar-refractivity contribution >= 4 is 0 Å². The van der Waals surface area contributed by atoms with E-state index in [1.165, 1.54) is 0 Å². The molecule has 0 atom stereocenters. The van der Waals surface area contributed by atoms with Crippen molar-refractivity contribution in [1.29, 1.82) is 0 Å². The Hall–Kier alpha value is -1.98. The highest BCUT2D eigenvalue weighted by atomic mass is 19.4. The molecule has 0 heterocycles. The molecule has 28 heavy (non-hydrogen) atoms. The maximum Gasteiger partial charge on any atom is 0.416 e. The Balaban J connectivity index is 2.02. The van der Waals surface area contributed by atoms with Crippen molar-refractivity contribution in [3.05, 3.63) is 76.2 Å². The first kappa shape index (κ1) is 20.7. The minimum atomic E-state index is -4.83. The molecule has 0 bridgehead atoms. The zero-order valence-electron chi connectivity index (χ0n) is 15.6. The number of alkyl halides is 6. The van der Waals surface area contributed by atoms with Crippen molar-refractivity contribution in [2.45, 2.75) is 51.4 Å². The highest BCUT2D eigenvalue weighted by Gasteiger charge is 2.37. The molecule has 151 valence electrons. The molecule has 1 aliphatic rings. The van der Waals surface area contributed by atoms with Crippen LogP contribution in [0.3, 0.4) is 0 Å². The summed E-state index contributed by atoms with van der Waals surface area (Å²) in [4.78, 5) is 0. The summed E-state index contributed by atoms with van der Waals surface area (Å²) in [5.41, 5.74) is -0.427. The Bertz CT molecular complexity index is 795. The van der Waals surface area contributed by atoms with Crippen molar-refractivity contribution in [1.82, 2.24) is 0 Å². The van der Waals surface area contributed by atoms with E-state index in [-0.39, 0.29) is 24.0 Å². The van der Waals surface area contributed by atoms with Gasteiger partial charge in [-0.2, -0.15) is 26.3 Å². The van der Waals surface area contributed by atoms with Crippen LogP contribution in [0.15, 0.2) is 42.5 Å². The predicted octanol–water partition coefficient (Wildman–Crippen LogP) is 7.42. The van der Waals surface area contributed by atoms with Gasteiger partial charge in [0, 0.05) is 5.92 Å². The lowest BCUT2D eigenvalue weighted by atomic mass is 9.80. The van der Waals surface area contributed by atoms with Gasteiger partial charge in [-0.05, 0) is 66.0 Å². The number of benzene rings is 2. The van der Waals surface area contributed by atoms with Crippen molar-refractivity contribution in [2.75, 3.05) is 0 Å². The highest BCUT2D eigenvalue weighted by Crippen LogP contribution is 2.45. The molecule has 0 unspecified atom stereocenters. The average Bonchev–Trinajstić information content (AvgIpc) is 3.42. The van der Waals surface area contributed by atoms with E-state index in [1.807, 2.05) is 38.1 Å². The summed E-state index contributed by atoms with van der Waals surface area (Å²) < 4.78 is 79.0. The molecule has 0 saturated heterocycles. The fraction of sp³-hybridized carbons (Fsp3) is 0.409. The van der Waals surface area contributed by atoms with Gasteiger partial charge in [0.05, 0.1) is 11.1 Å². The van der Waals surface area contributed by atoms with Gasteiger partial charge in [0.25, 0.3) is 0 Å². The van der Waals surface area contributed by atoms with E-state index in [9.17, 15) is 26.3 Å². The van der Waals surface area contributed by atoms with Gasteiger partial charge < -0.3 is 0 Å². The first-order valence-electron chi connectivity index (χ1n) is 9.20. The fourth-order valence-electron chi connectivity index (χ4n) is 3.49. The predicted molar refractivity (Wildman–Crippen MR) is 95.8 cm³/mol. The van der Waals surface area contributed by atoms with Crippen LogP contribution in [0.5, 0.6) is 0 Å². The van der Waals surface area contributed by atoms with E-state index in [2.05, 4.69) is 0 Å². The van der Waals surface area contributed by atoms with Gasteiger partial charge in [0.1, 0.15) is 0 Å². The molecule has 0 N–H and O–H groups in total. The molecule has 0 spiro atoms. The fourth-order valence-corrected chi connectivity index (χ4v) is 3.49. The minimum Gasteiger partial charge on any atom is -0.166 e. The van der Waals surface area contributed by atoms with E-state index in [1.54, 1.807) is 0 Å². The molecule has 1 fully saturated rings. The van der Waals surface area contributed by atoms with Crippen LogP contribution < -0.4 is 0 Å². The van der Waals surface area contributed by atoms with Crippen LogP contribution in [0.4, 0.5) is 26.3 Å². The Morgan fingerprint density at radius 2 is 1.43 bits per heavy atom. The summed E-state index contributed by atoms with van der Waals surface area (Å²) in [5, 5.41) is 0. The van der Waals surface area contributed by atoms with Crippen molar-refractivity contribution in [3.63, 3.8) is 0 Å². The number of halogens is 6. The summed E-state index contributed by atoms with van der Waals surface area (Å²) in [7, 11) is 0. The maximum atomic E-state index is 13.2. The van der Waals surface area contributed by atoms with Gasteiger partial charge in [-0.15, -0.1) is 0 Å². The third-order valence-electron chi connectivity index (χ3n) is 5.06. The van der Waals surface area contributed by atoms with E-state index >= 15 is 0 Å². The molecule has 1 radical (unpaired) electrons. The quantitative estimate of drug-likeness (QED) is 0.459. The molecule has 1 saturated carbocycles. The molecule has 1 aliphatic carbocycles. The van der Waals surface area contributed by atoms with Gasteiger partial charge >= 0.3 is 12.4 Å². The monoisotopic (exact) mass is 399 g/mol. The van der Waals surface area contributed by atoms with Gasteiger partial charge in [-0.3, -0.25) is 0 Å². The molecule has 3 rings (SSSR count). The van der Waals surface area contributed by atoms with Crippen molar-refractivity contribution in [2.24, 2.45) is 5.92 Å². The largest absolute Gasteiger partial charge is 0.416 e. The van der Waals surface area contributed by atoms with E-state index in [0.717, 1.165) is 42.0 Å². The first-order chi connectivity index (χ1) is 13.0. The zero-order valence-corrected chi connectivity index (χ0v) is 15.6. The number of hydrogen-bond donors (Lipinski definition) is 0. The van der Waals surface area contributed by atoms with Gasteiger partial charge in [0.15, 0.2) is 0 Å². The summed E-state index contributed by atoms with van der Waals surface area (Å²) in [6.07, 6.45) is -7.50. The molecule has 0 nitrogen and oxygen atoms in total. The van der Waals surface area contributed by atoms with Crippen LogP contribution in [0, 0.1) is 11.8 Å². The molecular formula is C22H21F6. The van der Waals surface area contributed by atoms with Crippen LogP contribution in [0.1, 0.15) is 60.4 Å². The zero-order chi connectivity index (χ0) is 20.7. The molecular weight excluding hydrogens is 378 g/mol. The van der Waals surface area contributed by atoms with Crippen molar-refractivity contribution < 1.29 is 26.3 Å². The Morgan fingerprint density at radius 1 is 0.893 bits per heavy atom. The first-order valence-corrected chi connectivity index (χ1v) is 9.20. The normalized spacial score (nSPS) is 15.5. The Kier molecular flexibility index (Phi) is 5.52. The Labute approximate surface area is 160 Å². The van der Waals surface area contributed by atoms with Gasteiger partial charge in [-0.1, -0.05) is 38.1 Å². The maximum absolute atomic E-state index is 13.2. The SMILES string of the molecule is CC(C)[C](Cc1cc(C(F)(F)F)cc(C(F)(F)F)c1)c1ccccc1C1CC1. The summed E-state index contributed by atoms with van der Waals surface area (Å²) in [6, 6.07) is 9.54. The van der Waals surface area contributed by atoms with E-state index in [4.69, 9.17) is 0 Å². The lowest BCUT2D eigenvalue weighted by Crippen LogP contribution is -2.16. The Morgan fingerprint density at radius 3 is 1.89 bits per heavy atom. The lowest BCUT2D eigenvalue weighted by molar-refractivity contribution is -0.143. The third-order valence-corrected chi connectivity index (χ3v) is 5.06. The lowest BCUT2D eigenvalue weighted by Gasteiger charge is -2.24. The standard InChI is InChI=1S/C22H21F6/c1-13(2)20(19-6-4-3-5-18(19)15-7-8-15)11-14-9-16(21(23,24)25)12-17(10-14)22(26,27)28/h3-6,9-10,12-13,15H,7-8,11H2,1-2H3. The van der Waals surface area contributed by atoms with Crippen molar-refractivity contribution in [3.8, 4) is 0 Å². The molecule has 2 aromatic rings. The van der Waals surface area contributed by atoms with Gasteiger partial charge in [-0.25, -0.2) is 0 Å². The van der Waals surface area contributed by atoms with Crippen LogP contribution in [-0.4, -0.2) is 0 Å². The highest BCUT2D eigenvalue weighted by molar-refractivity contribution is 5.46. The topological polar surface area (TPSA) is 0 Å². The third kappa shape index (κ3) is 4.70. The molecule has 2 aromatic carbocycles. The van der Waals surface area contributed by atoms with Crippen LogP contribution in [0.2, 0.25) is 0 Å². The average molecular weight is 399 g/mol. The second-order valence-corrected chi connectivity index (χ2v) is 7.63.